The molecule has 0 atom stereocenters. The molecule has 154 valence electrons. The van der Waals surface area contributed by atoms with E-state index in [1.165, 1.54) is 0 Å². The quantitative estimate of drug-likeness (QED) is 0.362. The van der Waals surface area contributed by atoms with Crippen molar-refractivity contribution in [1.82, 2.24) is 15.0 Å². The molecule has 0 saturated carbocycles. The van der Waals surface area contributed by atoms with Crippen molar-refractivity contribution in [3.8, 4) is 11.5 Å². The van der Waals surface area contributed by atoms with E-state index in [0.29, 0.717) is 36.4 Å². The Morgan fingerprint density at radius 1 is 0.967 bits per heavy atom. The normalized spacial score (nSPS) is 10.9. The Bertz CT molecular complexity index is 1200. The van der Waals surface area contributed by atoms with E-state index in [0.717, 1.165) is 27.8 Å². The van der Waals surface area contributed by atoms with Crippen LogP contribution in [0.3, 0.4) is 0 Å². The van der Waals surface area contributed by atoms with Gasteiger partial charge in [0.15, 0.2) is 11.5 Å². The van der Waals surface area contributed by atoms with Crippen LogP contribution in [0, 0.1) is 0 Å². The van der Waals surface area contributed by atoms with E-state index in [4.69, 9.17) is 21.1 Å². The molecule has 0 radical (unpaired) electrons. The third kappa shape index (κ3) is 4.75. The van der Waals surface area contributed by atoms with Gasteiger partial charge in [-0.3, -0.25) is 0 Å². The van der Waals surface area contributed by atoms with Crippen LogP contribution >= 0.6 is 11.6 Å². The van der Waals surface area contributed by atoms with Gasteiger partial charge in [-0.05, 0) is 48.9 Å². The van der Waals surface area contributed by atoms with E-state index >= 15 is 0 Å². The Hall–Kier alpha value is -3.45. The first kappa shape index (κ1) is 19.8. The van der Waals surface area contributed by atoms with Crippen LogP contribution in [0.5, 0.6) is 11.5 Å². The zero-order valence-corrected chi connectivity index (χ0v) is 17.1. The lowest BCUT2D eigenvalue weighted by Crippen LogP contribution is -2.03. The Morgan fingerprint density at radius 2 is 1.80 bits per heavy atom. The number of benzene rings is 2. The number of H-pyrrole nitrogens is 2. The Labute approximate surface area is 178 Å². The smallest absolute Gasteiger partial charge is 0.323 e. The average molecular weight is 425 g/mol. The number of imidazole rings is 1. The zero-order valence-electron chi connectivity index (χ0n) is 16.4. The van der Waals surface area contributed by atoms with Gasteiger partial charge in [0.1, 0.15) is 11.8 Å². The van der Waals surface area contributed by atoms with Crippen molar-refractivity contribution in [3.63, 3.8) is 0 Å². The van der Waals surface area contributed by atoms with Crippen LogP contribution in [0.25, 0.3) is 11.0 Å². The molecule has 4 rings (SSSR count). The summed E-state index contributed by atoms with van der Waals surface area (Å²) in [4.78, 5) is 21.0. The lowest BCUT2D eigenvalue weighted by Gasteiger charge is -2.14. The van der Waals surface area contributed by atoms with Gasteiger partial charge in [0.05, 0.1) is 17.6 Å². The number of hydrogen-bond acceptors (Lipinski definition) is 5. The first-order valence-corrected chi connectivity index (χ1v) is 9.93. The maximum Gasteiger partial charge on any atom is 0.323 e. The van der Waals surface area contributed by atoms with Gasteiger partial charge < -0.3 is 24.8 Å². The van der Waals surface area contributed by atoms with Crippen molar-refractivity contribution >= 4 is 28.3 Å². The highest BCUT2D eigenvalue weighted by Crippen LogP contribution is 2.30. The Kier molecular flexibility index (Phi) is 5.90. The Morgan fingerprint density at radius 3 is 2.60 bits per heavy atom. The molecule has 0 amide bonds. The highest BCUT2D eigenvalue weighted by molar-refractivity contribution is 6.29. The van der Waals surface area contributed by atoms with Crippen LogP contribution in [0.2, 0.25) is 5.15 Å². The van der Waals surface area contributed by atoms with Gasteiger partial charge in [0, 0.05) is 24.0 Å². The number of fused-ring (bicyclic) bond motifs is 1. The fourth-order valence-corrected chi connectivity index (χ4v) is 3.16. The first-order valence-electron chi connectivity index (χ1n) is 9.55. The third-order valence-electron chi connectivity index (χ3n) is 4.50. The molecule has 4 aromatic rings. The molecule has 2 aromatic carbocycles. The van der Waals surface area contributed by atoms with Crippen LogP contribution in [-0.4, -0.2) is 21.6 Å². The van der Waals surface area contributed by atoms with E-state index in [-0.39, 0.29) is 5.69 Å². The number of nitrogens with one attached hydrogen (secondary N) is 3. The first-order chi connectivity index (χ1) is 14.6. The van der Waals surface area contributed by atoms with Crippen molar-refractivity contribution in [1.29, 1.82) is 0 Å². The number of anilines is 1. The van der Waals surface area contributed by atoms with Crippen molar-refractivity contribution in [2.45, 2.75) is 20.1 Å². The van der Waals surface area contributed by atoms with Gasteiger partial charge in [0.25, 0.3) is 0 Å². The van der Waals surface area contributed by atoms with E-state index in [1.54, 1.807) is 12.3 Å². The summed E-state index contributed by atoms with van der Waals surface area (Å²) in [6, 6.07) is 15.1. The minimum atomic E-state index is -0.214. The summed E-state index contributed by atoms with van der Waals surface area (Å²) in [5, 5.41) is 3.81. The largest absolute Gasteiger partial charge is 0.490 e. The van der Waals surface area contributed by atoms with Gasteiger partial charge in [-0.25, -0.2) is 9.78 Å². The predicted molar refractivity (Wildman–Crippen MR) is 117 cm³/mol. The van der Waals surface area contributed by atoms with E-state index < -0.39 is 0 Å². The number of hydrogen-bond donors (Lipinski definition) is 3. The van der Waals surface area contributed by atoms with Gasteiger partial charge in [-0.1, -0.05) is 23.7 Å². The second kappa shape index (κ2) is 8.92. The van der Waals surface area contributed by atoms with Crippen LogP contribution < -0.4 is 20.5 Å². The summed E-state index contributed by atoms with van der Waals surface area (Å²) < 4.78 is 11.7. The minimum Gasteiger partial charge on any atom is -0.490 e. The van der Waals surface area contributed by atoms with E-state index in [9.17, 15) is 4.79 Å². The van der Waals surface area contributed by atoms with Crippen molar-refractivity contribution in [3.05, 3.63) is 81.5 Å². The second-order valence-electron chi connectivity index (χ2n) is 6.68. The van der Waals surface area contributed by atoms with Crippen LogP contribution in [0.1, 0.15) is 18.1 Å². The summed E-state index contributed by atoms with van der Waals surface area (Å²) in [6.07, 6.45) is 1.69. The van der Waals surface area contributed by atoms with Gasteiger partial charge in [-0.15, -0.1) is 0 Å². The molecule has 8 heteroatoms. The van der Waals surface area contributed by atoms with E-state index in [2.05, 4.69) is 20.3 Å². The van der Waals surface area contributed by atoms with E-state index in [1.807, 2.05) is 49.4 Å². The molecule has 2 heterocycles. The summed E-state index contributed by atoms with van der Waals surface area (Å²) >= 11 is 5.82. The number of pyridine rings is 1. The molecule has 0 fully saturated rings. The van der Waals surface area contributed by atoms with Crippen molar-refractivity contribution < 1.29 is 9.47 Å². The molecule has 0 aliphatic heterocycles. The number of rotatable bonds is 8. The minimum absolute atomic E-state index is 0.214. The van der Waals surface area contributed by atoms with Gasteiger partial charge >= 0.3 is 5.69 Å². The monoisotopic (exact) mass is 424 g/mol. The topological polar surface area (TPSA) is 92.0 Å². The zero-order chi connectivity index (χ0) is 20.9. The third-order valence-corrected chi connectivity index (χ3v) is 4.73. The molecule has 30 heavy (non-hydrogen) atoms. The molecular weight excluding hydrogens is 404 g/mol. The van der Waals surface area contributed by atoms with Crippen molar-refractivity contribution in [2.24, 2.45) is 0 Å². The molecule has 7 nitrogen and oxygen atoms in total. The molecule has 0 saturated heterocycles. The fraction of sp³-hybridized carbons (Fsp3) is 0.182. The van der Waals surface area contributed by atoms with Crippen LogP contribution in [-0.2, 0) is 13.2 Å². The molecule has 0 aliphatic rings. The molecule has 0 spiro atoms. The predicted octanol–water partition coefficient (Wildman–Crippen LogP) is 4.49. The molecular formula is C22H21ClN4O3. The summed E-state index contributed by atoms with van der Waals surface area (Å²) in [5.41, 5.74) is 4.20. The number of ether oxygens (including phenoxy) is 2. The molecule has 0 bridgehead atoms. The average Bonchev–Trinajstić information content (AvgIpc) is 3.12. The summed E-state index contributed by atoms with van der Waals surface area (Å²) in [6.45, 7) is 3.44. The van der Waals surface area contributed by atoms with Crippen molar-refractivity contribution in [2.75, 3.05) is 11.9 Å². The standard InChI is InChI=1S/C22H21ClN4O3/c1-2-29-20-9-14(3-7-19(20)30-13-15-4-8-21(23)25-12-15)11-24-16-5-6-17-18(10-16)27-22(28)26-17/h3-10,12,24H,2,11,13H2,1H3,(H2,26,27,28). The number of aromatic nitrogens is 3. The summed E-state index contributed by atoms with van der Waals surface area (Å²) in [5.74, 6) is 1.35. The lowest BCUT2D eigenvalue weighted by molar-refractivity contribution is 0.269. The fourth-order valence-electron chi connectivity index (χ4n) is 3.05. The molecule has 0 unspecified atom stereocenters. The molecule has 3 N–H and O–H groups in total. The number of halogens is 1. The molecule has 2 aromatic heterocycles. The Balaban J connectivity index is 1.44. The maximum atomic E-state index is 11.4. The maximum absolute atomic E-state index is 11.4. The SMILES string of the molecule is CCOc1cc(CNc2ccc3[nH]c(=O)[nH]c3c2)ccc1OCc1ccc(Cl)nc1. The second-order valence-corrected chi connectivity index (χ2v) is 7.07. The highest BCUT2D eigenvalue weighted by atomic mass is 35.5. The number of nitrogens with zero attached hydrogens (tertiary/aromatic N) is 1. The number of aromatic amines is 2. The summed E-state index contributed by atoms with van der Waals surface area (Å²) in [7, 11) is 0. The van der Waals surface area contributed by atoms with Crippen LogP contribution in [0.4, 0.5) is 5.69 Å². The molecule has 0 aliphatic carbocycles. The van der Waals surface area contributed by atoms with Crippen LogP contribution in [0.15, 0.2) is 59.5 Å². The van der Waals surface area contributed by atoms with Gasteiger partial charge in [-0.2, -0.15) is 0 Å². The van der Waals surface area contributed by atoms with Gasteiger partial charge in [0.2, 0.25) is 0 Å². The highest BCUT2D eigenvalue weighted by Gasteiger charge is 2.08. The lowest BCUT2D eigenvalue weighted by atomic mass is 10.2.